The van der Waals surface area contributed by atoms with Gasteiger partial charge in [0.1, 0.15) is 12.6 Å². The first-order valence-electron chi connectivity index (χ1n) is 11.4. The van der Waals surface area contributed by atoms with E-state index >= 15 is 0 Å². The van der Waals surface area contributed by atoms with Crippen molar-refractivity contribution in [2.45, 2.75) is 50.6 Å². The van der Waals surface area contributed by atoms with E-state index in [-0.39, 0.29) is 29.3 Å². The molecule has 0 bridgehead atoms. The molecule has 2 amide bonds. The predicted octanol–water partition coefficient (Wildman–Crippen LogP) is 2.80. The van der Waals surface area contributed by atoms with Gasteiger partial charge in [-0.25, -0.2) is 8.42 Å². The van der Waals surface area contributed by atoms with Crippen LogP contribution in [-0.4, -0.2) is 56.8 Å². The van der Waals surface area contributed by atoms with Gasteiger partial charge in [0, 0.05) is 24.5 Å². The second kappa shape index (κ2) is 9.82. The smallest absolute Gasteiger partial charge is 0.250 e. The lowest BCUT2D eigenvalue weighted by Gasteiger charge is -2.45. The molecule has 2 aliphatic rings. The van der Waals surface area contributed by atoms with Crippen LogP contribution in [0.1, 0.15) is 38.0 Å². The summed E-state index contributed by atoms with van der Waals surface area (Å²) in [6.07, 6.45) is 2.66. The van der Waals surface area contributed by atoms with Crippen LogP contribution in [0.5, 0.6) is 0 Å². The molecule has 1 atom stereocenters. The van der Waals surface area contributed by atoms with E-state index in [0.29, 0.717) is 25.3 Å². The summed E-state index contributed by atoms with van der Waals surface area (Å²) < 4.78 is 27.7. The van der Waals surface area contributed by atoms with E-state index in [9.17, 15) is 18.0 Å². The van der Waals surface area contributed by atoms with Crippen molar-refractivity contribution < 1.29 is 18.0 Å². The summed E-state index contributed by atoms with van der Waals surface area (Å²) in [4.78, 5) is 30.9. The molecule has 3 heterocycles. The van der Waals surface area contributed by atoms with Crippen LogP contribution < -0.4 is 15.1 Å². The number of fused-ring (bicyclic) bond motifs is 3. The molecular weight excluding hydrogens is 460 g/mol. The number of thiophene rings is 1. The molecule has 1 fully saturated rings. The zero-order valence-electron chi connectivity index (χ0n) is 19.0. The van der Waals surface area contributed by atoms with Crippen LogP contribution in [0, 0.1) is 0 Å². The largest absolute Gasteiger partial charge is 0.358 e. The fourth-order valence-corrected chi connectivity index (χ4v) is 6.70. The summed E-state index contributed by atoms with van der Waals surface area (Å²) in [6, 6.07) is 8.50. The first-order chi connectivity index (χ1) is 15.9. The molecule has 0 radical (unpaired) electrons. The number of benzene rings is 1. The van der Waals surface area contributed by atoms with Gasteiger partial charge >= 0.3 is 0 Å². The summed E-state index contributed by atoms with van der Waals surface area (Å²) >= 11 is 1.55. The molecule has 0 spiro atoms. The average Bonchev–Trinajstić information content (AvgIpc) is 3.34. The highest BCUT2D eigenvalue weighted by Gasteiger charge is 2.40. The minimum absolute atomic E-state index is 0.136. The Hall–Kier alpha value is -2.43. The second-order valence-corrected chi connectivity index (χ2v) is 11.2. The lowest BCUT2D eigenvalue weighted by molar-refractivity contribution is -0.125. The van der Waals surface area contributed by atoms with Gasteiger partial charge in [0.15, 0.2) is 0 Å². The number of piperidine rings is 1. The van der Waals surface area contributed by atoms with Crippen LogP contribution in [0.3, 0.4) is 0 Å². The predicted molar refractivity (Wildman–Crippen MR) is 130 cm³/mol. The number of rotatable bonds is 8. The van der Waals surface area contributed by atoms with E-state index in [4.69, 9.17) is 0 Å². The summed E-state index contributed by atoms with van der Waals surface area (Å²) in [5.41, 5.74) is 1.29. The molecule has 1 aromatic carbocycles. The normalized spacial score (nSPS) is 18.3. The molecule has 0 unspecified atom stereocenters. The van der Waals surface area contributed by atoms with E-state index in [2.05, 4.69) is 10.2 Å². The molecule has 8 nitrogen and oxygen atoms in total. The first-order valence-corrected chi connectivity index (χ1v) is 13.7. The van der Waals surface area contributed by atoms with Crippen molar-refractivity contribution in [3.05, 3.63) is 40.6 Å². The van der Waals surface area contributed by atoms with Crippen molar-refractivity contribution in [2.24, 2.45) is 0 Å². The maximum absolute atomic E-state index is 13.4. The number of hydrogen-bond donors (Lipinski definition) is 1. The fourth-order valence-electron chi connectivity index (χ4n) is 4.57. The lowest BCUT2D eigenvalue weighted by atomic mass is 9.96. The minimum atomic E-state index is -3.70. The van der Waals surface area contributed by atoms with Gasteiger partial charge in [0.25, 0.3) is 0 Å². The number of carbonyl (C=O) groups is 2. The van der Waals surface area contributed by atoms with Gasteiger partial charge in [-0.15, -0.1) is 11.3 Å². The van der Waals surface area contributed by atoms with Crippen molar-refractivity contribution in [1.82, 2.24) is 9.62 Å². The summed E-state index contributed by atoms with van der Waals surface area (Å²) in [5, 5.41) is 4.82. The van der Waals surface area contributed by atoms with Crippen molar-refractivity contribution in [3.63, 3.8) is 0 Å². The molecule has 4 rings (SSSR count). The molecule has 0 aliphatic carbocycles. The van der Waals surface area contributed by atoms with E-state index in [0.717, 1.165) is 36.4 Å². The second-order valence-electron chi connectivity index (χ2n) is 8.23. The molecule has 33 heavy (non-hydrogen) atoms. The zero-order valence-corrected chi connectivity index (χ0v) is 20.6. The van der Waals surface area contributed by atoms with E-state index in [1.807, 2.05) is 17.5 Å². The van der Waals surface area contributed by atoms with Gasteiger partial charge in [-0.1, -0.05) is 19.9 Å². The van der Waals surface area contributed by atoms with Crippen LogP contribution >= 0.6 is 11.3 Å². The molecule has 0 saturated carbocycles. The third-order valence-electron chi connectivity index (χ3n) is 6.29. The minimum Gasteiger partial charge on any atom is -0.358 e. The fraction of sp³-hybridized carbons (Fsp3) is 0.478. The molecule has 178 valence electrons. The number of amides is 2. The van der Waals surface area contributed by atoms with Crippen LogP contribution in [0.25, 0.3) is 0 Å². The molecule has 2 aliphatic heterocycles. The Bertz CT molecular complexity index is 1110. The lowest BCUT2D eigenvalue weighted by Crippen LogP contribution is -2.57. The Morgan fingerprint density at radius 2 is 1.97 bits per heavy atom. The Balaban J connectivity index is 1.67. The molecule has 1 N–H and O–H groups in total. The number of anilines is 2. The summed E-state index contributed by atoms with van der Waals surface area (Å²) in [5.74, 6) is -0.421. The summed E-state index contributed by atoms with van der Waals surface area (Å²) in [7, 11) is -3.70. The standard InChI is InChI=1S/C23H30N4O4S2/c1-3-25(4-2)33(30,31)18-10-11-19-21(14-18)27(23(29)20-9-5-6-12-26(19)20)16-22(28)24-15-17-8-7-13-32-17/h7-8,10-11,13-14,20H,3-6,9,12,15-16H2,1-2H3,(H,24,28)/t20-/m1/s1. The number of hydrogen-bond acceptors (Lipinski definition) is 6. The van der Waals surface area contributed by atoms with Crippen LogP contribution in [-0.2, 0) is 26.2 Å². The Kier molecular flexibility index (Phi) is 7.06. The third kappa shape index (κ3) is 4.64. The van der Waals surface area contributed by atoms with Crippen LogP contribution in [0.4, 0.5) is 11.4 Å². The van der Waals surface area contributed by atoms with E-state index < -0.39 is 10.0 Å². The molecular formula is C23H30N4O4S2. The van der Waals surface area contributed by atoms with Gasteiger partial charge in [0.05, 0.1) is 22.8 Å². The monoisotopic (exact) mass is 490 g/mol. The van der Waals surface area contributed by atoms with Gasteiger partial charge < -0.3 is 10.2 Å². The highest BCUT2D eigenvalue weighted by atomic mass is 32.2. The van der Waals surface area contributed by atoms with Gasteiger partial charge in [0.2, 0.25) is 21.8 Å². The SMILES string of the molecule is CCN(CC)S(=O)(=O)c1ccc2c(c1)N(CC(=O)NCc1cccs1)C(=O)[C@H]1CCCCN21. The van der Waals surface area contributed by atoms with Crippen molar-refractivity contribution >= 4 is 44.5 Å². The maximum atomic E-state index is 13.4. The number of sulfonamides is 1. The Morgan fingerprint density at radius 3 is 2.67 bits per heavy atom. The number of nitrogens with zero attached hydrogens (tertiary/aromatic N) is 3. The zero-order chi connectivity index (χ0) is 23.6. The van der Waals surface area contributed by atoms with E-state index in [1.165, 1.54) is 9.21 Å². The van der Waals surface area contributed by atoms with Crippen LogP contribution in [0.2, 0.25) is 0 Å². The van der Waals surface area contributed by atoms with Crippen LogP contribution in [0.15, 0.2) is 40.6 Å². The van der Waals surface area contributed by atoms with Gasteiger partial charge in [-0.3, -0.25) is 14.5 Å². The Labute approximate surface area is 199 Å². The molecule has 1 aromatic heterocycles. The maximum Gasteiger partial charge on any atom is 0.250 e. The van der Waals surface area contributed by atoms with Gasteiger partial charge in [-0.2, -0.15) is 4.31 Å². The number of nitrogens with one attached hydrogen (secondary N) is 1. The molecule has 10 heteroatoms. The molecule has 1 saturated heterocycles. The quantitative estimate of drug-likeness (QED) is 0.615. The third-order valence-corrected chi connectivity index (χ3v) is 9.21. The van der Waals surface area contributed by atoms with E-state index in [1.54, 1.807) is 43.4 Å². The first kappa shape index (κ1) is 23.7. The van der Waals surface area contributed by atoms with Crippen molar-refractivity contribution in [1.29, 1.82) is 0 Å². The summed E-state index contributed by atoms with van der Waals surface area (Å²) in [6.45, 7) is 5.31. The van der Waals surface area contributed by atoms with Crippen molar-refractivity contribution in [2.75, 3.05) is 36.0 Å². The highest BCUT2D eigenvalue weighted by Crippen LogP contribution is 2.41. The van der Waals surface area contributed by atoms with Gasteiger partial charge in [-0.05, 0) is 48.9 Å². The highest BCUT2D eigenvalue weighted by molar-refractivity contribution is 7.89. The Morgan fingerprint density at radius 1 is 1.18 bits per heavy atom. The van der Waals surface area contributed by atoms with Crippen molar-refractivity contribution in [3.8, 4) is 0 Å². The molecule has 2 aromatic rings. The number of carbonyl (C=O) groups excluding carboxylic acids is 2. The average molecular weight is 491 g/mol. The topological polar surface area (TPSA) is 90.0 Å².